The molecule has 1 saturated carbocycles. The van der Waals surface area contributed by atoms with Crippen LogP contribution in [-0.4, -0.2) is 48.3 Å². The number of aliphatic hydroxyl groups is 1. The Hall–Kier alpha value is -0.120. The van der Waals surface area contributed by atoms with Gasteiger partial charge in [0.1, 0.15) is 0 Å². The Morgan fingerprint density at radius 3 is 2.88 bits per heavy atom. The maximum Gasteiger partial charge on any atom is 0.0597 e. The molecule has 16 heavy (non-hydrogen) atoms. The van der Waals surface area contributed by atoms with Crippen molar-refractivity contribution < 1.29 is 5.11 Å². The third kappa shape index (κ3) is 2.76. The first kappa shape index (κ1) is 12.3. The molecule has 1 aliphatic carbocycles. The van der Waals surface area contributed by atoms with E-state index in [0.717, 1.165) is 25.0 Å². The fourth-order valence-electron chi connectivity index (χ4n) is 3.54. The van der Waals surface area contributed by atoms with Gasteiger partial charge in [-0.1, -0.05) is 13.3 Å². The predicted octanol–water partition coefficient (Wildman–Crippen LogP) is 1.22. The van der Waals surface area contributed by atoms with Crippen LogP contribution in [0.15, 0.2) is 0 Å². The van der Waals surface area contributed by atoms with Gasteiger partial charge < -0.3 is 10.4 Å². The Morgan fingerprint density at radius 2 is 2.12 bits per heavy atom. The molecule has 0 bridgehead atoms. The molecular formula is C13H26N2O. The van der Waals surface area contributed by atoms with Gasteiger partial charge in [0, 0.05) is 18.6 Å². The molecule has 0 aromatic heterocycles. The Bertz CT molecular complexity index is 210. The van der Waals surface area contributed by atoms with Crippen LogP contribution in [0.25, 0.3) is 0 Å². The lowest BCUT2D eigenvalue weighted by Crippen LogP contribution is -2.50. The van der Waals surface area contributed by atoms with Crippen molar-refractivity contribution in [2.75, 3.05) is 26.2 Å². The van der Waals surface area contributed by atoms with Gasteiger partial charge in [0.2, 0.25) is 0 Å². The van der Waals surface area contributed by atoms with Crippen LogP contribution in [0.3, 0.4) is 0 Å². The van der Waals surface area contributed by atoms with Crippen molar-refractivity contribution >= 4 is 0 Å². The highest BCUT2D eigenvalue weighted by molar-refractivity contribution is 4.90. The Morgan fingerprint density at radius 1 is 1.31 bits per heavy atom. The molecule has 3 heteroatoms. The first-order valence-corrected chi connectivity index (χ1v) is 6.93. The van der Waals surface area contributed by atoms with Crippen LogP contribution in [0.1, 0.15) is 39.0 Å². The van der Waals surface area contributed by atoms with Crippen LogP contribution in [-0.2, 0) is 0 Å². The molecule has 0 radical (unpaired) electrons. The molecule has 1 heterocycles. The van der Waals surface area contributed by atoms with Gasteiger partial charge in [0.05, 0.1) is 6.61 Å². The average molecular weight is 226 g/mol. The molecular weight excluding hydrogens is 200 g/mol. The summed E-state index contributed by atoms with van der Waals surface area (Å²) >= 11 is 0. The number of aliphatic hydroxyl groups excluding tert-OH is 1. The second-order valence-electron chi connectivity index (χ2n) is 5.33. The molecule has 94 valence electrons. The standard InChI is InChI=1S/C13H26N2O/c1-2-14-12(10-16)9-15-8-4-6-11-5-3-7-13(11)15/h11-14,16H,2-10H2,1H3. The number of hydrogen-bond acceptors (Lipinski definition) is 3. The van der Waals surface area contributed by atoms with Gasteiger partial charge in [-0.25, -0.2) is 0 Å². The SMILES string of the molecule is CCNC(CO)CN1CCCC2CCCC21. The van der Waals surface area contributed by atoms with E-state index < -0.39 is 0 Å². The first-order chi connectivity index (χ1) is 7.85. The van der Waals surface area contributed by atoms with E-state index in [-0.39, 0.29) is 12.6 Å². The predicted molar refractivity (Wildman–Crippen MR) is 66.5 cm³/mol. The molecule has 1 aliphatic heterocycles. The minimum Gasteiger partial charge on any atom is -0.395 e. The molecule has 3 nitrogen and oxygen atoms in total. The Balaban J connectivity index is 1.87. The molecule has 2 fully saturated rings. The lowest BCUT2D eigenvalue weighted by atomic mass is 9.91. The van der Waals surface area contributed by atoms with E-state index >= 15 is 0 Å². The zero-order valence-electron chi connectivity index (χ0n) is 10.5. The first-order valence-electron chi connectivity index (χ1n) is 6.93. The number of likely N-dealkylation sites (N-methyl/N-ethyl adjacent to an activating group) is 1. The van der Waals surface area contributed by atoms with E-state index in [0.29, 0.717) is 0 Å². The number of hydrogen-bond donors (Lipinski definition) is 2. The van der Waals surface area contributed by atoms with Crippen LogP contribution in [0.5, 0.6) is 0 Å². The van der Waals surface area contributed by atoms with Crippen molar-refractivity contribution in [3.05, 3.63) is 0 Å². The summed E-state index contributed by atoms with van der Waals surface area (Å²) < 4.78 is 0. The number of nitrogens with one attached hydrogen (secondary N) is 1. The zero-order valence-corrected chi connectivity index (χ0v) is 10.5. The molecule has 0 aromatic carbocycles. The summed E-state index contributed by atoms with van der Waals surface area (Å²) in [6.45, 7) is 5.60. The summed E-state index contributed by atoms with van der Waals surface area (Å²) in [7, 11) is 0. The maximum atomic E-state index is 9.34. The molecule has 3 unspecified atom stereocenters. The van der Waals surface area contributed by atoms with Crippen molar-refractivity contribution in [2.24, 2.45) is 5.92 Å². The smallest absolute Gasteiger partial charge is 0.0597 e. The van der Waals surface area contributed by atoms with E-state index in [1.165, 1.54) is 38.6 Å². The molecule has 0 spiro atoms. The minimum atomic E-state index is 0.266. The normalized spacial score (nSPS) is 32.6. The summed E-state index contributed by atoms with van der Waals surface area (Å²) in [6, 6.07) is 1.09. The lowest BCUT2D eigenvalue weighted by Gasteiger charge is -2.39. The molecule has 2 N–H and O–H groups in total. The topological polar surface area (TPSA) is 35.5 Å². The third-order valence-corrected chi connectivity index (χ3v) is 4.28. The molecule has 2 aliphatic rings. The maximum absolute atomic E-state index is 9.34. The summed E-state index contributed by atoms with van der Waals surface area (Å²) in [5.41, 5.74) is 0. The van der Waals surface area contributed by atoms with Crippen LogP contribution in [0.2, 0.25) is 0 Å². The third-order valence-electron chi connectivity index (χ3n) is 4.28. The van der Waals surface area contributed by atoms with Gasteiger partial charge in [-0.2, -0.15) is 0 Å². The van der Waals surface area contributed by atoms with E-state index in [1.54, 1.807) is 0 Å². The lowest BCUT2D eigenvalue weighted by molar-refractivity contribution is 0.0885. The summed E-state index contributed by atoms with van der Waals surface area (Å²) in [6.07, 6.45) is 7.02. The summed E-state index contributed by atoms with van der Waals surface area (Å²) in [5, 5.41) is 12.7. The van der Waals surface area contributed by atoms with Gasteiger partial charge in [-0.15, -0.1) is 0 Å². The van der Waals surface area contributed by atoms with Crippen LogP contribution < -0.4 is 5.32 Å². The molecule has 3 atom stereocenters. The van der Waals surface area contributed by atoms with Gasteiger partial charge in [-0.3, -0.25) is 4.90 Å². The van der Waals surface area contributed by atoms with Crippen LogP contribution in [0.4, 0.5) is 0 Å². The number of likely N-dealkylation sites (tertiary alicyclic amines) is 1. The number of nitrogens with zero attached hydrogens (tertiary/aromatic N) is 1. The molecule has 1 saturated heterocycles. The van der Waals surface area contributed by atoms with Gasteiger partial charge in [0.15, 0.2) is 0 Å². The second kappa shape index (κ2) is 5.99. The highest BCUT2D eigenvalue weighted by Gasteiger charge is 2.35. The van der Waals surface area contributed by atoms with Crippen molar-refractivity contribution in [3.8, 4) is 0 Å². The molecule has 0 aromatic rings. The monoisotopic (exact) mass is 226 g/mol. The Labute approximate surface area is 99.2 Å². The fourth-order valence-corrected chi connectivity index (χ4v) is 3.54. The van der Waals surface area contributed by atoms with Crippen LogP contribution in [0, 0.1) is 5.92 Å². The largest absolute Gasteiger partial charge is 0.395 e. The van der Waals surface area contributed by atoms with Gasteiger partial charge >= 0.3 is 0 Å². The number of fused-ring (bicyclic) bond motifs is 1. The Kier molecular flexibility index (Phi) is 4.62. The number of rotatable bonds is 5. The highest BCUT2D eigenvalue weighted by atomic mass is 16.3. The van der Waals surface area contributed by atoms with Crippen molar-refractivity contribution in [1.82, 2.24) is 10.2 Å². The van der Waals surface area contributed by atoms with Crippen molar-refractivity contribution in [2.45, 2.75) is 51.1 Å². The summed E-state index contributed by atoms with van der Waals surface area (Å²) in [4.78, 5) is 2.63. The minimum absolute atomic E-state index is 0.266. The molecule has 0 amide bonds. The second-order valence-corrected chi connectivity index (χ2v) is 5.33. The quantitative estimate of drug-likeness (QED) is 0.740. The van der Waals surface area contributed by atoms with E-state index in [9.17, 15) is 5.11 Å². The number of piperidine rings is 1. The molecule has 2 rings (SSSR count). The zero-order chi connectivity index (χ0) is 11.4. The van der Waals surface area contributed by atoms with Crippen molar-refractivity contribution in [3.63, 3.8) is 0 Å². The summed E-state index contributed by atoms with van der Waals surface area (Å²) in [5.74, 6) is 0.953. The van der Waals surface area contributed by atoms with Crippen LogP contribution >= 0.6 is 0 Å². The van der Waals surface area contributed by atoms with E-state index in [2.05, 4.69) is 17.1 Å². The van der Waals surface area contributed by atoms with Gasteiger partial charge in [-0.05, 0) is 44.7 Å². The van der Waals surface area contributed by atoms with E-state index in [4.69, 9.17) is 0 Å². The highest BCUT2D eigenvalue weighted by Crippen LogP contribution is 2.36. The van der Waals surface area contributed by atoms with E-state index in [1.807, 2.05) is 0 Å². The fraction of sp³-hybridized carbons (Fsp3) is 1.00. The van der Waals surface area contributed by atoms with Crippen molar-refractivity contribution in [1.29, 1.82) is 0 Å². The van der Waals surface area contributed by atoms with Gasteiger partial charge in [0.25, 0.3) is 0 Å². The average Bonchev–Trinajstić information content (AvgIpc) is 2.77.